The number of esters is 1. The van der Waals surface area contributed by atoms with E-state index in [-0.39, 0.29) is 18.0 Å². The summed E-state index contributed by atoms with van der Waals surface area (Å²) in [4.78, 5) is 19.8. The van der Waals surface area contributed by atoms with E-state index in [1.165, 1.54) is 18.5 Å². The standard InChI is InChI=1S/C15H13Cl2N3O2/c1-2-22-15(21)10-5-13(14(18)20-8-10)19-7-9-3-4-11(16)6-12(9)17/h3-8H,2H2,1H3,(H2,18,20). The van der Waals surface area contributed by atoms with E-state index in [1.807, 2.05) is 0 Å². The molecule has 114 valence electrons. The fourth-order valence-corrected chi connectivity index (χ4v) is 2.10. The summed E-state index contributed by atoms with van der Waals surface area (Å²) in [5.41, 5.74) is 7.07. The summed E-state index contributed by atoms with van der Waals surface area (Å²) in [5.74, 6) is -0.273. The van der Waals surface area contributed by atoms with E-state index in [1.54, 1.807) is 25.1 Å². The number of hydrogen-bond donors (Lipinski definition) is 1. The minimum atomic E-state index is -0.476. The van der Waals surface area contributed by atoms with Crippen molar-refractivity contribution in [1.29, 1.82) is 0 Å². The van der Waals surface area contributed by atoms with Gasteiger partial charge in [0.2, 0.25) is 0 Å². The number of aliphatic imine (C=N–C) groups is 1. The largest absolute Gasteiger partial charge is 0.462 e. The lowest BCUT2D eigenvalue weighted by molar-refractivity contribution is 0.0526. The Morgan fingerprint density at radius 3 is 2.86 bits per heavy atom. The number of nitrogens with two attached hydrogens (primary N) is 1. The second-order valence-corrected chi connectivity index (χ2v) is 5.12. The summed E-state index contributed by atoms with van der Waals surface area (Å²) < 4.78 is 4.91. The van der Waals surface area contributed by atoms with Crippen molar-refractivity contribution >= 4 is 46.9 Å². The smallest absolute Gasteiger partial charge is 0.339 e. The average molecular weight is 338 g/mol. The first-order chi connectivity index (χ1) is 10.5. The zero-order chi connectivity index (χ0) is 16.1. The number of anilines is 1. The molecular formula is C15H13Cl2N3O2. The van der Waals surface area contributed by atoms with Gasteiger partial charge in [-0.3, -0.25) is 4.99 Å². The molecule has 0 spiro atoms. The fourth-order valence-electron chi connectivity index (χ4n) is 1.64. The van der Waals surface area contributed by atoms with Crippen LogP contribution in [0.15, 0.2) is 35.5 Å². The second-order valence-electron chi connectivity index (χ2n) is 4.27. The van der Waals surface area contributed by atoms with Crippen LogP contribution in [0.4, 0.5) is 11.5 Å². The van der Waals surface area contributed by atoms with Gasteiger partial charge in [0.05, 0.1) is 17.2 Å². The number of benzene rings is 1. The molecule has 2 aromatic rings. The van der Waals surface area contributed by atoms with Crippen molar-refractivity contribution in [2.24, 2.45) is 4.99 Å². The number of pyridine rings is 1. The van der Waals surface area contributed by atoms with Gasteiger partial charge in [0.25, 0.3) is 0 Å². The van der Waals surface area contributed by atoms with Crippen molar-refractivity contribution in [2.75, 3.05) is 12.3 Å². The van der Waals surface area contributed by atoms with E-state index in [4.69, 9.17) is 33.7 Å². The first kappa shape index (κ1) is 16.3. The summed E-state index contributed by atoms with van der Waals surface area (Å²) in [5, 5.41) is 0.997. The van der Waals surface area contributed by atoms with Crippen molar-refractivity contribution in [3.05, 3.63) is 51.6 Å². The summed E-state index contributed by atoms with van der Waals surface area (Å²) in [6.45, 7) is 2.01. The number of rotatable bonds is 4. The molecule has 2 N–H and O–H groups in total. The van der Waals surface area contributed by atoms with Gasteiger partial charge in [-0.15, -0.1) is 0 Å². The Hall–Kier alpha value is -2.11. The molecule has 0 unspecified atom stereocenters. The number of ether oxygens (including phenoxy) is 1. The summed E-state index contributed by atoms with van der Waals surface area (Å²) in [6, 6.07) is 6.56. The highest BCUT2D eigenvalue weighted by molar-refractivity contribution is 6.36. The van der Waals surface area contributed by atoms with Crippen LogP contribution in [-0.2, 0) is 4.74 Å². The van der Waals surface area contributed by atoms with E-state index in [0.717, 1.165) is 0 Å². The monoisotopic (exact) mass is 337 g/mol. The van der Waals surface area contributed by atoms with E-state index in [0.29, 0.717) is 21.3 Å². The Bertz CT molecular complexity index is 733. The number of carbonyl (C=O) groups is 1. The van der Waals surface area contributed by atoms with E-state index in [9.17, 15) is 4.79 Å². The molecule has 0 aliphatic heterocycles. The molecule has 0 fully saturated rings. The first-order valence-electron chi connectivity index (χ1n) is 6.43. The number of nitrogens with zero attached hydrogens (tertiary/aromatic N) is 2. The normalized spacial score (nSPS) is 10.9. The SMILES string of the molecule is CCOC(=O)c1cnc(N)c(N=Cc2ccc(Cl)cc2Cl)c1. The van der Waals surface area contributed by atoms with Gasteiger partial charge in [0.15, 0.2) is 0 Å². The molecule has 22 heavy (non-hydrogen) atoms. The Balaban J connectivity index is 2.30. The zero-order valence-corrected chi connectivity index (χ0v) is 13.2. The Labute approximate surface area is 137 Å². The van der Waals surface area contributed by atoms with Crippen LogP contribution in [0, 0.1) is 0 Å². The van der Waals surface area contributed by atoms with Crippen molar-refractivity contribution in [1.82, 2.24) is 4.98 Å². The summed E-state index contributed by atoms with van der Waals surface area (Å²) in [6.07, 6.45) is 2.88. The number of halogens is 2. The highest BCUT2D eigenvalue weighted by atomic mass is 35.5. The lowest BCUT2D eigenvalue weighted by Gasteiger charge is -2.04. The number of aromatic nitrogens is 1. The molecule has 0 atom stereocenters. The van der Waals surface area contributed by atoms with Crippen molar-refractivity contribution in [2.45, 2.75) is 6.92 Å². The van der Waals surface area contributed by atoms with Crippen molar-refractivity contribution < 1.29 is 9.53 Å². The Morgan fingerprint density at radius 2 is 2.18 bits per heavy atom. The first-order valence-corrected chi connectivity index (χ1v) is 7.18. The number of hydrogen-bond acceptors (Lipinski definition) is 5. The third-order valence-corrected chi connectivity index (χ3v) is 3.28. The molecule has 1 heterocycles. The van der Waals surface area contributed by atoms with Crippen LogP contribution in [0.3, 0.4) is 0 Å². The molecule has 0 saturated heterocycles. The highest BCUT2D eigenvalue weighted by Gasteiger charge is 2.10. The molecule has 1 aromatic carbocycles. The van der Waals surface area contributed by atoms with Gasteiger partial charge in [0, 0.05) is 23.0 Å². The Morgan fingerprint density at radius 1 is 1.41 bits per heavy atom. The van der Waals surface area contributed by atoms with Crippen LogP contribution in [0.5, 0.6) is 0 Å². The third kappa shape index (κ3) is 3.96. The van der Waals surface area contributed by atoms with E-state index in [2.05, 4.69) is 9.98 Å². The summed E-state index contributed by atoms with van der Waals surface area (Å²) >= 11 is 11.9. The van der Waals surface area contributed by atoms with Crippen LogP contribution in [0.25, 0.3) is 0 Å². The molecule has 7 heteroatoms. The van der Waals surface area contributed by atoms with Crippen LogP contribution in [0.1, 0.15) is 22.8 Å². The number of carbonyl (C=O) groups excluding carboxylic acids is 1. The molecule has 0 radical (unpaired) electrons. The molecule has 1 aromatic heterocycles. The molecule has 0 aliphatic carbocycles. The zero-order valence-electron chi connectivity index (χ0n) is 11.7. The van der Waals surface area contributed by atoms with Gasteiger partial charge < -0.3 is 10.5 Å². The predicted octanol–water partition coefficient (Wildman–Crippen LogP) is 3.90. The maximum atomic E-state index is 11.7. The van der Waals surface area contributed by atoms with Crippen LogP contribution >= 0.6 is 23.2 Å². The van der Waals surface area contributed by atoms with Gasteiger partial charge in [0.1, 0.15) is 11.5 Å². The lowest BCUT2D eigenvalue weighted by atomic mass is 10.2. The predicted molar refractivity (Wildman–Crippen MR) is 88.3 cm³/mol. The molecule has 2 rings (SSSR count). The van der Waals surface area contributed by atoms with Crippen LogP contribution in [0.2, 0.25) is 10.0 Å². The van der Waals surface area contributed by atoms with Crippen molar-refractivity contribution in [3.63, 3.8) is 0 Å². The highest BCUT2D eigenvalue weighted by Crippen LogP contribution is 2.23. The minimum absolute atomic E-state index is 0.203. The van der Waals surface area contributed by atoms with E-state index < -0.39 is 5.97 Å². The van der Waals surface area contributed by atoms with Crippen molar-refractivity contribution in [3.8, 4) is 0 Å². The molecular weight excluding hydrogens is 325 g/mol. The fraction of sp³-hybridized carbons (Fsp3) is 0.133. The molecule has 0 bridgehead atoms. The molecule has 0 amide bonds. The van der Waals surface area contributed by atoms with Gasteiger partial charge in [-0.05, 0) is 25.1 Å². The van der Waals surface area contributed by atoms with Crippen LogP contribution in [-0.4, -0.2) is 23.8 Å². The van der Waals surface area contributed by atoms with Gasteiger partial charge in [-0.2, -0.15) is 0 Å². The third-order valence-electron chi connectivity index (χ3n) is 2.71. The van der Waals surface area contributed by atoms with Crippen LogP contribution < -0.4 is 5.73 Å². The molecule has 5 nitrogen and oxygen atoms in total. The number of nitrogen functional groups attached to an aromatic ring is 1. The lowest BCUT2D eigenvalue weighted by Crippen LogP contribution is -2.05. The second kappa shape index (κ2) is 7.24. The van der Waals surface area contributed by atoms with E-state index >= 15 is 0 Å². The molecule has 0 saturated carbocycles. The quantitative estimate of drug-likeness (QED) is 0.677. The van der Waals surface area contributed by atoms with Gasteiger partial charge in [-0.1, -0.05) is 29.3 Å². The Kier molecular flexibility index (Phi) is 5.35. The topological polar surface area (TPSA) is 77.6 Å². The molecule has 0 aliphatic rings. The van der Waals surface area contributed by atoms with Gasteiger partial charge >= 0.3 is 5.97 Å². The summed E-state index contributed by atoms with van der Waals surface area (Å²) in [7, 11) is 0. The maximum Gasteiger partial charge on any atom is 0.339 e. The maximum absolute atomic E-state index is 11.7. The average Bonchev–Trinajstić information content (AvgIpc) is 2.48. The minimum Gasteiger partial charge on any atom is -0.462 e. The van der Waals surface area contributed by atoms with Gasteiger partial charge in [-0.25, -0.2) is 9.78 Å².